The van der Waals surface area contributed by atoms with Crippen LogP contribution in [0.1, 0.15) is 35.7 Å². The number of ketones is 1. The number of pyridine rings is 1. The van der Waals surface area contributed by atoms with Crippen LogP contribution in [0, 0.1) is 6.92 Å². The molecule has 5 heteroatoms. The fraction of sp³-hybridized carbons (Fsp3) is 0.238. The molecule has 134 valence electrons. The van der Waals surface area contributed by atoms with Crippen LogP contribution in [0.3, 0.4) is 0 Å². The first-order chi connectivity index (χ1) is 12.6. The van der Waals surface area contributed by atoms with E-state index < -0.39 is 0 Å². The van der Waals surface area contributed by atoms with Gasteiger partial charge < -0.3 is 13.9 Å². The number of ether oxygens (including phenoxy) is 2. The van der Waals surface area contributed by atoms with Crippen molar-refractivity contribution in [3.05, 3.63) is 65.8 Å². The molecular weight excluding hydrogens is 328 g/mol. The van der Waals surface area contributed by atoms with E-state index in [9.17, 15) is 4.79 Å². The summed E-state index contributed by atoms with van der Waals surface area (Å²) in [7, 11) is 0. The van der Waals surface area contributed by atoms with Crippen LogP contribution in [-0.2, 0) is 0 Å². The zero-order valence-electron chi connectivity index (χ0n) is 15.2. The summed E-state index contributed by atoms with van der Waals surface area (Å²) in [5, 5.41) is 0. The Morgan fingerprint density at radius 2 is 1.96 bits per heavy atom. The van der Waals surface area contributed by atoms with E-state index in [-0.39, 0.29) is 5.78 Å². The second-order valence-corrected chi connectivity index (χ2v) is 5.72. The predicted molar refractivity (Wildman–Crippen MR) is 102 cm³/mol. The van der Waals surface area contributed by atoms with Crippen molar-refractivity contribution in [1.82, 2.24) is 9.38 Å². The van der Waals surface area contributed by atoms with Gasteiger partial charge in [-0.1, -0.05) is 6.07 Å². The van der Waals surface area contributed by atoms with E-state index in [1.54, 1.807) is 24.3 Å². The minimum atomic E-state index is -0.148. The zero-order valence-corrected chi connectivity index (χ0v) is 15.2. The quantitative estimate of drug-likeness (QED) is 0.470. The first-order valence-corrected chi connectivity index (χ1v) is 8.69. The van der Waals surface area contributed by atoms with Gasteiger partial charge >= 0.3 is 0 Å². The van der Waals surface area contributed by atoms with Crippen LogP contribution in [0.15, 0.2) is 48.7 Å². The van der Waals surface area contributed by atoms with E-state index >= 15 is 0 Å². The highest BCUT2D eigenvalue weighted by molar-refractivity contribution is 6.09. The lowest BCUT2D eigenvalue weighted by Gasteiger charge is -2.10. The molecule has 0 atom stereocenters. The van der Waals surface area contributed by atoms with Crippen LogP contribution in [0.4, 0.5) is 0 Å². The van der Waals surface area contributed by atoms with Crippen molar-refractivity contribution in [3.63, 3.8) is 0 Å². The first-order valence-electron chi connectivity index (χ1n) is 8.69. The van der Waals surface area contributed by atoms with Crippen LogP contribution in [0.5, 0.6) is 11.5 Å². The van der Waals surface area contributed by atoms with Crippen molar-refractivity contribution in [1.29, 1.82) is 0 Å². The van der Waals surface area contributed by atoms with Crippen LogP contribution < -0.4 is 9.47 Å². The molecule has 0 N–H and O–H groups in total. The molecule has 0 bridgehead atoms. The molecule has 0 amide bonds. The van der Waals surface area contributed by atoms with Gasteiger partial charge in [-0.2, -0.15) is 0 Å². The third kappa shape index (κ3) is 3.61. The number of aromatic nitrogens is 2. The number of aryl methyl sites for hydroxylation is 1. The molecule has 2 heterocycles. The van der Waals surface area contributed by atoms with Gasteiger partial charge in [0.25, 0.3) is 0 Å². The molecule has 0 spiro atoms. The molecular formula is C21H22N2O3. The molecule has 0 aliphatic carbocycles. The highest BCUT2D eigenvalue weighted by atomic mass is 16.5. The lowest BCUT2D eigenvalue weighted by atomic mass is 10.1. The van der Waals surface area contributed by atoms with Gasteiger partial charge in [-0.3, -0.25) is 4.79 Å². The van der Waals surface area contributed by atoms with Crippen LogP contribution in [-0.4, -0.2) is 28.4 Å². The molecule has 1 aromatic carbocycles. The number of benzene rings is 1. The Kier molecular flexibility index (Phi) is 5.37. The van der Waals surface area contributed by atoms with Gasteiger partial charge in [-0.15, -0.1) is 0 Å². The predicted octanol–water partition coefficient (Wildman–Crippen LogP) is 4.34. The lowest BCUT2D eigenvalue weighted by Crippen LogP contribution is -2.03. The minimum absolute atomic E-state index is 0.148. The van der Waals surface area contributed by atoms with Crippen LogP contribution in [0.2, 0.25) is 0 Å². The van der Waals surface area contributed by atoms with Gasteiger partial charge in [0, 0.05) is 6.20 Å². The third-order valence-electron chi connectivity index (χ3n) is 3.97. The molecule has 0 radical (unpaired) electrons. The summed E-state index contributed by atoms with van der Waals surface area (Å²) in [6.07, 6.45) is 5.23. The Morgan fingerprint density at radius 1 is 1.15 bits per heavy atom. The number of fused-ring (bicyclic) bond motifs is 1. The van der Waals surface area contributed by atoms with Crippen molar-refractivity contribution in [2.75, 3.05) is 13.2 Å². The Balaban J connectivity index is 1.93. The van der Waals surface area contributed by atoms with Gasteiger partial charge in [0.15, 0.2) is 5.78 Å². The maximum absolute atomic E-state index is 12.8. The largest absolute Gasteiger partial charge is 0.494 e. The lowest BCUT2D eigenvalue weighted by molar-refractivity contribution is 0.104. The van der Waals surface area contributed by atoms with Gasteiger partial charge in [-0.05, 0) is 63.3 Å². The number of allylic oxidation sites excluding steroid dienone is 1. The number of nitrogens with zero attached hydrogens (tertiary/aromatic N) is 2. The second kappa shape index (κ2) is 7.87. The average molecular weight is 350 g/mol. The molecule has 0 saturated heterocycles. The van der Waals surface area contributed by atoms with E-state index in [1.165, 1.54) is 6.08 Å². The van der Waals surface area contributed by atoms with Crippen molar-refractivity contribution in [3.8, 4) is 11.5 Å². The number of carbonyl (C=O) groups excluding carboxylic acids is 1. The summed E-state index contributed by atoms with van der Waals surface area (Å²) in [6, 6.07) is 11.2. The van der Waals surface area contributed by atoms with Crippen molar-refractivity contribution >= 4 is 17.4 Å². The Labute approximate surface area is 152 Å². The molecule has 0 fully saturated rings. The molecule has 2 aromatic heterocycles. The summed E-state index contributed by atoms with van der Waals surface area (Å²) < 4.78 is 13.1. The standard InChI is InChI=1S/C21H22N2O3/c1-4-25-16-9-12-21(26-5-2)17(14-16)20(24)11-10-18-19-8-6-7-13-23(19)15(3)22-18/h6-14H,4-5H2,1-3H3/b11-10+. The normalized spacial score (nSPS) is 11.2. The maximum atomic E-state index is 12.8. The van der Waals surface area contributed by atoms with Gasteiger partial charge in [0.05, 0.1) is 30.0 Å². The number of imidazole rings is 1. The van der Waals surface area contributed by atoms with Crippen molar-refractivity contribution in [2.45, 2.75) is 20.8 Å². The van der Waals surface area contributed by atoms with Crippen molar-refractivity contribution < 1.29 is 14.3 Å². The fourth-order valence-corrected chi connectivity index (χ4v) is 2.83. The van der Waals surface area contributed by atoms with E-state index in [4.69, 9.17) is 9.47 Å². The zero-order chi connectivity index (χ0) is 18.5. The Bertz CT molecular complexity index is 957. The molecule has 0 unspecified atom stereocenters. The topological polar surface area (TPSA) is 52.8 Å². The van der Waals surface area contributed by atoms with Gasteiger partial charge in [0.1, 0.15) is 17.3 Å². The van der Waals surface area contributed by atoms with Crippen LogP contribution in [0.25, 0.3) is 11.6 Å². The molecule has 0 saturated carbocycles. The van der Waals surface area contributed by atoms with Gasteiger partial charge in [-0.25, -0.2) is 4.98 Å². The third-order valence-corrected chi connectivity index (χ3v) is 3.97. The fourth-order valence-electron chi connectivity index (χ4n) is 2.83. The number of rotatable bonds is 7. The molecule has 0 aliphatic rings. The van der Waals surface area contributed by atoms with E-state index in [2.05, 4.69) is 4.98 Å². The van der Waals surface area contributed by atoms with Crippen molar-refractivity contribution in [2.24, 2.45) is 0 Å². The second-order valence-electron chi connectivity index (χ2n) is 5.72. The summed E-state index contributed by atoms with van der Waals surface area (Å²) >= 11 is 0. The van der Waals surface area contributed by atoms with Crippen LogP contribution >= 0.6 is 0 Å². The molecule has 5 nitrogen and oxygen atoms in total. The van der Waals surface area contributed by atoms with Gasteiger partial charge in [0.2, 0.25) is 0 Å². The average Bonchev–Trinajstić information content (AvgIpc) is 2.98. The Morgan fingerprint density at radius 3 is 2.73 bits per heavy atom. The first kappa shape index (κ1) is 17.7. The highest BCUT2D eigenvalue weighted by Gasteiger charge is 2.13. The van der Waals surface area contributed by atoms with E-state index in [0.717, 1.165) is 17.0 Å². The molecule has 3 rings (SSSR count). The monoisotopic (exact) mass is 350 g/mol. The van der Waals surface area contributed by atoms with E-state index in [1.807, 2.05) is 49.6 Å². The van der Waals surface area contributed by atoms with E-state index in [0.29, 0.717) is 30.3 Å². The molecule has 3 aromatic rings. The summed E-state index contributed by atoms with van der Waals surface area (Å²) in [5.74, 6) is 1.93. The maximum Gasteiger partial charge on any atom is 0.189 e. The Hall–Kier alpha value is -3.08. The highest BCUT2D eigenvalue weighted by Crippen LogP contribution is 2.26. The number of hydrogen-bond acceptors (Lipinski definition) is 4. The minimum Gasteiger partial charge on any atom is -0.494 e. The number of carbonyl (C=O) groups is 1. The number of hydrogen-bond donors (Lipinski definition) is 0. The summed E-state index contributed by atoms with van der Waals surface area (Å²) in [5.41, 5.74) is 2.20. The summed E-state index contributed by atoms with van der Waals surface area (Å²) in [4.78, 5) is 17.3. The SMILES string of the molecule is CCOc1ccc(OCC)c(C(=O)/C=C/c2nc(C)n3ccccc23)c1. The molecule has 0 aliphatic heterocycles. The summed E-state index contributed by atoms with van der Waals surface area (Å²) in [6.45, 7) is 6.76. The molecule has 26 heavy (non-hydrogen) atoms. The smallest absolute Gasteiger partial charge is 0.189 e.